The summed E-state index contributed by atoms with van der Waals surface area (Å²) in [6.07, 6.45) is 0.580. The summed E-state index contributed by atoms with van der Waals surface area (Å²) in [5.74, 6) is -0.651. The van der Waals surface area contributed by atoms with Crippen molar-refractivity contribution in [1.29, 1.82) is 0 Å². The van der Waals surface area contributed by atoms with Crippen LogP contribution in [0, 0.1) is 6.92 Å². The Balaban J connectivity index is 2.10. The van der Waals surface area contributed by atoms with Crippen molar-refractivity contribution in [2.24, 2.45) is 0 Å². The molecule has 0 fully saturated rings. The summed E-state index contributed by atoms with van der Waals surface area (Å²) in [5.41, 5.74) is 0.243. The second-order valence-electron chi connectivity index (χ2n) is 7.01. The third kappa shape index (κ3) is 5.48. The number of carbonyl (C=O) groups is 1. The zero-order chi connectivity index (χ0) is 22.4. The van der Waals surface area contributed by atoms with Crippen LogP contribution in [0.4, 0.5) is 0 Å². The van der Waals surface area contributed by atoms with Crippen LogP contribution in [0.3, 0.4) is 0 Å². The van der Waals surface area contributed by atoms with Crippen molar-refractivity contribution in [2.45, 2.75) is 19.9 Å². The molecule has 2 aromatic carbocycles. The number of aryl methyl sites for hydroxylation is 1. The first kappa shape index (κ1) is 22.5. The minimum atomic E-state index is -0.766. The maximum Gasteiger partial charge on any atom is 0.352 e. The molecule has 0 radical (unpaired) electrons. The zero-order valence-electron chi connectivity index (χ0n) is 17.3. The van der Waals surface area contributed by atoms with Crippen molar-refractivity contribution < 1.29 is 9.53 Å². The van der Waals surface area contributed by atoms with Gasteiger partial charge in [0.05, 0.1) is 12.2 Å². The van der Waals surface area contributed by atoms with Crippen molar-refractivity contribution in [2.75, 3.05) is 20.3 Å². The highest BCUT2D eigenvalue weighted by Gasteiger charge is 2.20. The molecule has 162 valence electrons. The Morgan fingerprint density at radius 3 is 2.65 bits per heavy atom. The van der Waals surface area contributed by atoms with E-state index < -0.39 is 17.2 Å². The third-order valence-electron chi connectivity index (χ3n) is 4.56. The topological polar surface area (TPSA) is 95.2 Å². The third-order valence-corrected chi connectivity index (χ3v) is 4.80. The first-order chi connectivity index (χ1) is 14.9. The number of ether oxygens (including phenoxy) is 1. The standard InChI is InChI=1S/C22H23ClN4O4/c1-15-6-3-9-18(12-15)27-22(30)26(14-16-7-4-8-17(23)13-16)21(29)19(25-27)20(28)24-10-5-11-31-2/h3-4,6-9,12-13H,5,10-11,14H2,1-2H3,(H,24,28). The quantitative estimate of drug-likeness (QED) is 0.539. The number of hydrogen-bond acceptors (Lipinski definition) is 5. The van der Waals surface area contributed by atoms with Crippen LogP contribution in [0.15, 0.2) is 58.1 Å². The molecule has 1 N–H and O–H groups in total. The molecule has 31 heavy (non-hydrogen) atoms. The van der Waals surface area contributed by atoms with Crippen molar-refractivity contribution in [3.8, 4) is 5.69 Å². The van der Waals surface area contributed by atoms with Gasteiger partial charge in [-0.1, -0.05) is 35.9 Å². The van der Waals surface area contributed by atoms with E-state index in [4.69, 9.17) is 16.3 Å². The molecule has 0 unspecified atom stereocenters. The lowest BCUT2D eigenvalue weighted by molar-refractivity contribution is 0.0938. The van der Waals surface area contributed by atoms with E-state index in [0.717, 1.165) is 14.8 Å². The van der Waals surface area contributed by atoms with E-state index >= 15 is 0 Å². The lowest BCUT2D eigenvalue weighted by atomic mass is 10.2. The molecular formula is C22H23ClN4O4. The number of nitrogens with zero attached hydrogens (tertiary/aromatic N) is 3. The van der Waals surface area contributed by atoms with Crippen molar-refractivity contribution in [3.63, 3.8) is 0 Å². The average molecular weight is 443 g/mol. The minimum Gasteiger partial charge on any atom is -0.385 e. The molecule has 1 heterocycles. The summed E-state index contributed by atoms with van der Waals surface area (Å²) in [4.78, 5) is 38.9. The van der Waals surface area contributed by atoms with Gasteiger partial charge >= 0.3 is 5.69 Å². The lowest BCUT2D eigenvalue weighted by Crippen LogP contribution is -2.46. The Labute approximate surface area is 184 Å². The second-order valence-corrected chi connectivity index (χ2v) is 7.44. The smallest absolute Gasteiger partial charge is 0.352 e. The van der Waals surface area contributed by atoms with Gasteiger partial charge in [0.2, 0.25) is 5.69 Å². The average Bonchev–Trinajstić information content (AvgIpc) is 2.74. The first-order valence-electron chi connectivity index (χ1n) is 9.73. The molecular weight excluding hydrogens is 420 g/mol. The number of rotatable bonds is 8. The number of nitrogens with one attached hydrogen (secondary N) is 1. The van der Waals surface area contributed by atoms with Crippen molar-refractivity contribution in [3.05, 3.63) is 91.2 Å². The van der Waals surface area contributed by atoms with E-state index in [2.05, 4.69) is 10.4 Å². The van der Waals surface area contributed by atoms with Gasteiger partial charge < -0.3 is 10.1 Å². The number of amides is 1. The maximum atomic E-state index is 13.1. The second kappa shape index (κ2) is 10.2. The van der Waals surface area contributed by atoms with Gasteiger partial charge in [0.1, 0.15) is 0 Å². The predicted molar refractivity (Wildman–Crippen MR) is 118 cm³/mol. The predicted octanol–water partition coefficient (Wildman–Crippen LogP) is 2.17. The molecule has 0 saturated heterocycles. The van der Waals surface area contributed by atoms with Crippen LogP contribution in [0.1, 0.15) is 28.0 Å². The van der Waals surface area contributed by atoms with E-state index in [-0.39, 0.29) is 12.2 Å². The van der Waals surface area contributed by atoms with Gasteiger partial charge in [-0.05, 0) is 48.7 Å². The fraction of sp³-hybridized carbons (Fsp3) is 0.273. The molecule has 1 amide bonds. The Morgan fingerprint density at radius 2 is 1.94 bits per heavy atom. The monoisotopic (exact) mass is 442 g/mol. The number of hydrogen-bond donors (Lipinski definition) is 1. The largest absolute Gasteiger partial charge is 0.385 e. The molecule has 9 heteroatoms. The first-order valence-corrected chi connectivity index (χ1v) is 10.1. The molecule has 3 aromatic rings. The lowest BCUT2D eigenvalue weighted by Gasteiger charge is -2.13. The summed E-state index contributed by atoms with van der Waals surface area (Å²) in [6, 6.07) is 13.9. The Hall–Kier alpha value is -3.23. The maximum absolute atomic E-state index is 13.1. The van der Waals surface area contributed by atoms with Gasteiger partial charge in [-0.25, -0.2) is 4.79 Å². The highest BCUT2D eigenvalue weighted by atomic mass is 35.5. The van der Waals surface area contributed by atoms with Crippen LogP contribution < -0.4 is 16.6 Å². The van der Waals surface area contributed by atoms with E-state index in [1.165, 1.54) is 0 Å². The molecule has 0 saturated carbocycles. The molecule has 8 nitrogen and oxygen atoms in total. The fourth-order valence-electron chi connectivity index (χ4n) is 3.04. The summed E-state index contributed by atoms with van der Waals surface area (Å²) in [6.45, 7) is 2.61. The van der Waals surface area contributed by atoms with E-state index in [1.807, 2.05) is 13.0 Å². The molecule has 0 aliphatic carbocycles. The number of methoxy groups -OCH3 is 1. The van der Waals surface area contributed by atoms with E-state index in [0.29, 0.717) is 35.8 Å². The number of halogens is 1. The Bertz CT molecular complexity index is 1200. The fourth-order valence-corrected chi connectivity index (χ4v) is 3.26. The van der Waals surface area contributed by atoms with Gasteiger partial charge in [-0.3, -0.25) is 14.2 Å². The van der Waals surface area contributed by atoms with Crippen LogP contribution in [-0.4, -0.2) is 40.5 Å². The molecule has 0 aliphatic heterocycles. The van der Waals surface area contributed by atoms with Crippen molar-refractivity contribution in [1.82, 2.24) is 19.7 Å². The van der Waals surface area contributed by atoms with Crippen LogP contribution >= 0.6 is 11.6 Å². The highest BCUT2D eigenvalue weighted by Crippen LogP contribution is 2.11. The molecule has 3 rings (SSSR count). The number of benzene rings is 2. The minimum absolute atomic E-state index is 0.0451. The molecule has 1 aromatic heterocycles. The summed E-state index contributed by atoms with van der Waals surface area (Å²) >= 11 is 6.04. The van der Waals surface area contributed by atoms with Gasteiger partial charge in [-0.2, -0.15) is 9.78 Å². The van der Waals surface area contributed by atoms with Gasteiger partial charge in [0, 0.05) is 25.3 Å². The van der Waals surface area contributed by atoms with Crippen LogP contribution in [0.2, 0.25) is 5.02 Å². The molecule has 0 bridgehead atoms. The highest BCUT2D eigenvalue weighted by molar-refractivity contribution is 6.30. The SMILES string of the molecule is COCCCNC(=O)c1nn(-c2cccc(C)c2)c(=O)n(Cc2cccc(Cl)c2)c1=O. The molecule has 0 spiro atoms. The van der Waals surface area contributed by atoms with Crippen molar-refractivity contribution >= 4 is 17.5 Å². The molecule has 0 atom stereocenters. The zero-order valence-corrected chi connectivity index (χ0v) is 18.1. The summed E-state index contributed by atoms with van der Waals surface area (Å²) in [7, 11) is 1.57. The van der Waals surface area contributed by atoms with Crippen LogP contribution in [0.5, 0.6) is 0 Å². The number of carbonyl (C=O) groups excluding carboxylic acids is 1. The summed E-state index contributed by atoms with van der Waals surface area (Å²) in [5, 5.41) is 7.24. The van der Waals surface area contributed by atoms with Crippen LogP contribution in [-0.2, 0) is 11.3 Å². The van der Waals surface area contributed by atoms with E-state index in [1.54, 1.807) is 49.6 Å². The van der Waals surface area contributed by atoms with Gasteiger partial charge in [0.25, 0.3) is 11.5 Å². The summed E-state index contributed by atoms with van der Waals surface area (Å²) < 4.78 is 7.03. The normalized spacial score (nSPS) is 10.8. The Morgan fingerprint density at radius 1 is 1.16 bits per heavy atom. The van der Waals surface area contributed by atoms with Gasteiger partial charge in [0.15, 0.2) is 0 Å². The number of aromatic nitrogens is 3. The Kier molecular flexibility index (Phi) is 7.38. The van der Waals surface area contributed by atoms with E-state index in [9.17, 15) is 14.4 Å². The van der Waals surface area contributed by atoms with Gasteiger partial charge in [-0.15, -0.1) is 0 Å². The molecule has 0 aliphatic rings. The van der Waals surface area contributed by atoms with Crippen LogP contribution in [0.25, 0.3) is 5.69 Å².